The zero-order chi connectivity index (χ0) is 14.4. The SMILES string of the molecule is CCC(CC)N(CC(C)C)c1cncc(C(=O)O)n1. The summed E-state index contributed by atoms with van der Waals surface area (Å²) in [6.07, 6.45) is 4.93. The summed E-state index contributed by atoms with van der Waals surface area (Å²) >= 11 is 0. The van der Waals surface area contributed by atoms with Gasteiger partial charge in [0.25, 0.3) is 0 Å². The Morgan fingerprint density at radius 3 is 2.42 bits per heavy atom. The van der Waals surface area contributed by atoms with Gasteiger partial charge in [-0.25, -0.2) is 9.78 Å². The molecule has 0 bridgehead atoms. The van der Waals surface area contributed by atoms with Gasteiger partial charge in [0.1, 0.15) is 5.82 Å². The summed E-state index contributed by atoms with van der Waals surface area (Å²) in [4.78, 5) is 21.4. The molecule has 0 spiro atoms. The molecule has 5 nitrogen and oxygen atoms in total. The fourth-order valence-corrected chi connectivity index (χ4v) is 2.15. The Kier molecular flexibility index (Phi) is 5.73. The van der Waals surface area contributed by atoms with Crippen LogP contribution in [0, 0.1) is 5.92 Å². The third-order valence-corrected chi connectivity index (χ3v) is 3.08. The molecule has 1 aromatic heterocycles. The molecule has 0 aliphatic carbocycles. The normalized spacial score (nSPS) is 11.1. The first-order valence-electron chi connectivity index (χ1n) is 6.81. The maximum absolute atomic E-state index is 11.0. The van der Waals surface area contributed by atoms with E-state index in [1.807, 2.05) is 0 Å². The molecule has 5 heteroatoms. The summed E-state index contributed by atoms with van der Waals surface area (Å²) in [7, 11) is 0. The van der Waals surface area contributed by atoms with Gasteiger partial charge in [-0.15, -0.1) is 0 Å². The molecule has 0 saturated carbocycles. The molecule has 1 rings (SSSR count). The molecule has 1 N–H and O–H groups in total. The number of hydrogen-bond donors (Lipinski definition) is 1. The second-order valence-electron chi connectivity index (χ2n) is 5.08. The average molecular weight is 265 g/mol. The standard InChI is InChI=1S/C14H23N3O2/c1-5-11(6-2)17(9-10(3)4)13-8-15-7-12(16-13)14(18)19/h7-8,10-11H,5-6,9H2,1-4H3,(H,18,19). The Labute approximate surface area is 114 Å². The molecule has 0 unspecified atom stereocenters. The molecule has 19 heavy (non-hydrogen) atoms. The van der Waals surface area contributed by atoms with Gasteiger partial charge in [-0.2, -0.15) is 0 Å². The largest absolute Gasteiger partial charge is 0.476 e. The van der Waals surface area contributed by atoms with Crippen molar-refractivity contribution in [3.63, 3.8) is 0 Å². The van der Waals surface area contributed by atoms with Crippen LogP contribution in [0.4, 0.5) is 5.82 Å². The number of nitrogens with zero attached hydrogens (tertiary/aromatic N) is 3. The van der Waals surface area contributed by atoms with Crippen LogP contribution in [0.25, 0.3) is 0 Å². The number of aromatic nitrogens is 2. The summed E-state index contributed by atoms with van der Waals surface area (Å²) in [5, 5.41) is 9.00. The van der Waals surface area contributed by atoms with Gasteiger partial charge in [-0.05, 0) is 18.8 Å². The van der Waals surface area contributed by atoms with Crippen LogP contribution >= 0.6 is 0 Å². The molecule has 0 amide bonds. The minimum atomic E-state index is -1.04. The van der Waals surface area contributed by atoms with Crippen molar-refractivity contribution in [2.24, 2.45) is 5.92 Å². The van der Waals surface area contributed by atoms with E-state index >= 15 is 0 Å². The lowest BCUT2D eigenvalue weighted by Gasteiger charge is -2.32. The predicted molar refractivity (Wildman–Crippen MR) is 75.5 cm³/mol. The average Bonchev–Trinajstić information content (AvgIpc) is 2.38. The molecule has 0 saturated heterocycles. The van der Waals surface area contributed by atoms with Crippen LogP contribution in [0.1, 0.15) is 51.0 Å². The number of aromatic carboxylic acids is 1. The molecule has 1 heterocycles. The van der Waals surface area contributed by atoms with Gasteiger partial charge in [-0.3, -0.25) is 4.98 Å². The molecule has 0 fully saturated rings. The van der Waals surface area contributed by atoms with Gasteiger partial charge in [0, 0.05) is 12.6 Å². The zero-order valence-corrected chi connectivity index (χ0v) is 12.1. The quantitative estimate of drug-likeness (QED) is 0.821. The van der Waals surface area contributed by atoms with Crippen molar-refractivity contribution in [1.29, 1.82) is 0 Å². The lowest BCUT2D eigenvalue weighted by Crippen LogP contribution is -2.38. The first-order chi connectivity index (χ1) is 8.99. The Morgan fingerprint density at radius 2 is 1.95 bits per heavy atom. The lowest BCUT2D eigenvalue weighted by molar-refractivity contribution is 0.0690. The van der Waals surface area contributed by atoms with Gasteiger partial charge in [-0.1, -0.05) is 27.7 Å². The molecule has 0 aromatic carbocycles. The highest BCUT2D eigenvalue weighted by molar-refractivity contribution is 5.85. The van der Waals surface area contributed by atoms with E-state index < -0.39 is 5.97 Å². The first kappa shape index (κ1) is 15.4. The molecular weight excluding hydrogens is 242 g/mol. The zero-order valence-electron chi connectivity index (χ0n) is 12.1. The fraction of sp³-hybridized carbons (Fsp3) is 0.643. The van der Waals surface area contributed by atoms with Crippen molar-refractivity contribution in [1.82, 2.24) is 9.97 Å². The van der Waals surface area contributed by atoms with Crippen molar-refractivity contribution < 1.29 is 9.90 Å². The summed E-state index contributed by atoms with van der Waals surface area (Å²) in [6.45, 7) is 9.41. The highest BCUT2D eigenvalue weighted by Crippen LogP contribution is 2.19. The predicted octanol–water partition coefficient (Wildman–Crippen LogP) is 2.83. The van der Waals surface area contributed by atoms with Crippen LogP contribution in [-0.2, 0) is 0 Å². The van der Waals surface area contributed by atoms with E-state index in [-0.39, 0.29) is 5.69 Å². The molecule has 0 aliphatic heterocycles. The molecular formula is C14H23N3O2. The van der Waals surface area contributed by atoms with E-state index in [2.05, 4.69) is 42.6 Å². The minimum absolute atomic E-state index is 0.00258. The van der Waals surface area contributed by atoms with Crippen molar-refractivity contribution in [2.75, 3.05) is 11.4 Å². The van der Waals surface area contributed by atoms with E-state index in [4.69, 9.17) is 5.11 Å². The number of rotatable bonds is 7. The highest BCUT2D eigenvalue weighted by atomic mass is 16.4. The van der Waals surface area contributed by atoms with Gasteiger partial charge >= 0.3 is 5.97 Å². The third-order valence-electron chi connectivity index (χ3n) is 3.08. The van der Waals surface area contributed by atoms with Gasteiger partial charge in [0.15, 0.2) is 5.69 Å². The van der Waals surface area contributed by atoms with E-state index in [1.54, 1.807) is 6.20 Å². The molecule has 0 radical (unpaired) electrons. The molecule has 1 aromatic rings. The van der Waals surface area contributed by atoms with Gasteiger partial charge in [0.2, 0.25) is 0 Å². The summed E-state index contributed by atoms with van der Waals surface area (Å²) in [6, 6.07) is 0.362. The topological polar surface area (TPSA) is 66.3 Å². The van der Waals surface area contributed by atoms with Crippen LogP contribution in [-0.4, -0.2) is 33.6 Å². The van der Waals surface area contributed by atoms with E-state index in [9.17, 15) is 4.79 Å². The van der Waals surface area contributed by atoms with Crippen LogP contribution in [0.15, 0.2) is 12.4 Å². The number of carboxylic acid groups (broad SMARTS) is 1. The summed E-state index contributed by atoms with van der Waals surface area (Å²) in [5.41, 5.74) is -0.00258. The first-order valence-corrected chi connectivity index (χ1v) is 6.81. The lowest BCUT2D eigenvalue weighted by atomic mass is 10.1. The fourth-order valence-electron chi connectivity index (χ4n) is 2.15. The van der Waals surface area contributed by atoms with Gasteiger partial charge in [0.05, 0.1) is 12.4 Å². The van der Waals surface area contributed by atoms with Crippen molar-refractivity contribution in [2.45, 2.75) is 46.6 Å². The maximum atomic E-state index is 11.0. The number of carbonyl (C=O) groups is 1. The van der Waals surface area contributed by atoms with Crippen LogP contribution in [0.3, 0.4) is 0 Å². The van der Waals surface area contributed by atoms with Crippen molar-refractivity contribution >= 4 is 11.8 Å². The highest BCUT2D eigenvalue weighted by Gasteiger charge is 2.19. The van der Waals surface area contributed by atoms with E-state index in [0.29, 0.717) is 17.8 Å². The van der Waals surface area contributed by atoms with Crippen LogP contribution in [0.5, 0.6) is 0 Å². The Balaban J connectivity index is 3.08. The maximum Gasteiger partial charge on any atom is 0.356 e. The number of hydrogen-bond acceptors (Lipinski definition) is 4. The summed E-state index contributed by atoms with van der Waals surface area (Å²) < 4.78 is 0. The Hall–Kier alpha value is -1.65. The van der Waals surface area contributed by atoms with E-state index in [1.165, 1.54) is 6.20 Å². The number of anilines is 1. The van der Waals surface area contributed by atoms with Crippen molar-refractivity contribution in [3.05, 3.63) is 18.1 Å². The second kappa shape index (κ2) is 7.07. The van der Waals surface area contributed by atoms with Crippen molar-refractivity contribution in [3.8, 4) is 0 Å². The Bertz CT molecular complexity index is 417. The second-order valence-corrected chi connectivity index (χ2v) is 5.08. The van der Waals surface area contributed by atoms with Gasteiger partial charge < -0.3 is 10.0 Å². The number of carboxylic acids is 1. The Morgan fingerprint density at radius 1 is 1.32 bits per heavy atom. The van der Waals surface area contributed by atoms with Crippen LogP contribution < -0.4 is 4.90 Å². The minimum Gasteiger partial charge on any atom is -0.476 e. The molecule has 106 valence electrons. The van der Waals surface area contributed by atoms with Crippen LogP contribution in [0.2, 0.25) is 0 Å². The molecule has 0 atom stereocenters. The molecule has 0 aliphatic rings. The smallest absolute Gasteiger partial charge is 0.356 e. The third kappa shape index (κ3) is 4.19. The van der Waals surface area contributed by atoms with E-state index in [0.717, 1.165) is 19.4 Å². The summed E-state index contributed by atoms with van der Waals surface area (Å²) in [5.74, 6) is 0.0987. The monoisotopic (exact) mass is 265 g/mol.